The Morgan fingerprint density at radius 3 is 2.91 bits per heavy atom. The smallest absolute Gasteiger partial charge is 0.222 e. The topological polar surface area (TPSA) is 41.5 Å². The number of amidine groups is 1. The maximum atomic E-state index is 10.5. The van der Waals surface area contributed by atoms with Gasteiger partial charge >= 0.3 is 0 Å². The number of carbonyl (C=O) groups is 1. The molecule has 0 radical (unpaired) electrons. The first kappa shape index (κ1) is 11.0. The van der Waals surface area contributed by atoms with Crippen LogP contribution >= 0.6 is 28.7 Å². The molecule has 3 nitrogen and oxygen atoms in total. The van der Waals surface area contributed by atoms with Gasteiger partial charge in [-0.3, -0.25) is 9.79 Å². The molecule has 0 atom stereocenters. The second-order valence-corrected chi connectivity index (χ2v) is 3.15. The molecule has 1 aliphatic rings. The highest BCUT2D eigenvalue weighted by atomic mass is 79.9. The van der Waals surface area contributed by atoms with Crippen molar-refractivity contribution in [1.82, 2.24) is 5.32 Å². The van der Waals surface area contributed by atoms with Crippen LogP contribution in [0.3, 0.4) is 0 Å². The Labute approximate surface area is 80.8 Å². The number of aliphatic imine (C=N–C) groups is 1. The average Bonchev–Trinajstić information content (AvgIpc) is 1.88. The van der Waals surface area contributed by atoms with Crippen LogP contribution in [0.25, 0.3) is 0 Å². The van der Waals surface area contributed by atoms with Crippen LogP contribution in [-0.4, -0.2) is 23.4 Å². The first-order chi connectivity index (χ1) is 4.79. The summed E-state index contributed by atoms with van der Waals surface area (Å²) in [6.45, 7) is 2.35. The number of hydrogen-bond acceptors (Lipinski definition) is 3. The van der Waals surface area contributed by atoms with Crippen LogP contribution in [0.1, 0.15) is 13.3 Å². The molecule has 0 spiro atoms. The predicted octanol–water partition coefficient (Wildman–Crippen LogP) is 1.19. The molecule has 0 saturated carbocycles. The van der Waals surface area contributed by atoms with Crippen LogP contribution in [-0.2, 0) is 4.79 Å². The molecule has 64 valence electrons. The summed E-state index contributed by atoms with van der Waals surface area (Å²) in [4.78, 5) is 14.6. The molecule has 0 bridgehead atoms. The van der Waals surface area contributed by atoms with Crippen molar-refractivity contribution >= 4 is 39.8 Å². The largest absolute Gasteiger partial charge is 0.306 e. The van der Waals surface area contributed by atoms with Gasteiger partial charge in [0.2, 0.25) is 5.91 Å². The molecular weight excluding hydrogens is 228 g/mol. The molecule has 1 N–H and O–H groups in total. The number of hydrogen-bond donors (Lipinski definition) is 1. The Kier molecular flexibility index (Phi) is 5.58. The summed E-state index contributed by atoms with van der Waals surface area (Å²) in [6.07, 6.45) is 1.12. The van der Waals surface area contributed by atoms with Gasteiger partial charge in [-0.25, -0.2) is 0 Å². The fourth-order valence-corrected chi connectivity index (χ4v) is 1.55. The molecule has 5 heteroatoms. The number of nitrogens with zero attached hydrogens (tertiary/aromatic N) is 1. The van der Waals surface area contributed by atoms with Crippen molar-refractivity contribution in [1.29, 1.82) is 0 Å². The first-order valence-corrected chi connectivity index (χ1v) is 4.22. The lowest BCUT2D eigenvalue weighted by molar-refractivity contribution is -0.117. The minimum Gasteiger partial charge on any atom is -0.306 e. The fourth-order valence-electron chi connectivity index (χ4n) is 0.686. The number of halogens is 1. The third kappa shape index (κ3) is 4.42. The molecule has 0 aromatic heterocycles. The van der Waals surface area contributed by atoms with Gasteiger partial charge < -0.3 is 5.32 Å². The molecule has 1 rings (SSSR count). The highest BCUT2D eigenvalue weighted by Crippen LogP contribution is 2.09. The summed E-state index contributed by atoms with van der Waals surface area (Å²) in [5.41, 5.74) is 0. The number of amides is 1. The van der Waals surface area contributed by atoms with E-state index >= 15 is 0 Å². The van der Waals surface area contributed by atoms with E-state index in [1.165, 1.54) is 6.92 Å². The zero-order chi connectivity index (χ0) is 7.40. The molecule has 0 aromatic carbocycles. The van der Waals surface area contributed by atoms with Crippen molar-refractivity contribution in [3.8, 4) is 0 Å². The third-order valence-electron chi connectivity index (χ3n) is 1.08. The number of thioether (sulfide) groups is 1. The molecule has 1 aliphatic heterocycles. The first-order valence-electron chi connectivity index (χ1n) is 3.24. The van der Waals surface area contributed by atoms with E-state index in [9.17, 15) is 4.79 Å². The molecule has 0 saturated heterocycles. The maximum Gasteiger partial charge on any atom is 0.222 e. The van der Waals surface area contributed by atoms with Gasteiger partial charge in [0.1, 0.15) is 0 Å². The summed E-state index contributed by atoms with van der Waals surface area (Å²) < 4.78 is 0. The van der Waals surface area contributed by atoms with Gasteiger partial charge in [-0.2, -0.15) is 0 Å². The van der Waals surface area contributed by atoms with Crippen LogP contribution < -0.4 is 5.32 Å². The Bertz CT molecular complexity index is 172. The highest BCUT2D eigenvalue weighted by Gasteiger charge is 2.05. The molecule has 0 unspecified atom stereocenters. The van der Waals surface area contributed by atoms with Crippen molar-refractivity contribution < 1.29 is 4.79 Å². The minimum atomic E-state index is -0.0341. The monoisotopic (exact) mass is 238 g/mol. The Hall–Kier alpha value is -0.0300. The summed E-state index contributed by atoms with van der Waals surface area (Å²) in [6, 6.07) is 0. The molecule has 1 amide bonds. The van der Waals surface area contributed by atoms with E-state index in [4.69, 9.17) is 0 Å². The van der Waals surface area contributed by atoms with Crippen molar-refractivity contribution in [3.05, 3.63) is 0 Å². The van der Waals surface area contributed by atoms with E-state index in [2.05, 4.69) is 10.3 Å². The van der Waals surface area contributed by atoms with Crippen molar-refractivity contribution in [2.45, 2.75) is 13.3 Å². The maximum absolute atomic E-state index is 10.5. The summed E-state index contributed by atoms with van der Waals surface area (Å²) in [5, 5.41) is 3.43. The predicted molar refractivity (Wildman–Crippen MR) is 53.5 cm³/mol. The summed E-state index contributed by atoms with van der Waals surface area (Å²) in [7, 11) is 0. The molecule has 0 fully saturated rings. The number of nitrogens with one attached hydrogen (secondary N) is 1. The SMILES string of the molecule is Br.CC(=O)NC1=NCCCS1. The third-order valence-corrected chi connectivity index (χ3v) is 2.08. The second-order valence-electron chi connectivity index (χ2n) is 2.07. The van der Waals surface area contributed by atoms with Crippen LogP contribution in [0.4, 0.5) is 0 Å². The number of rotatable bonds is 0. The zero-order valence-corrected chi connectivity index (χ0v) is 8.82. The minimum absolute atomic E-state index is 0. The van der Waals surface area contributed by atoms with Gasteiger partial charge in [-0.05, 0) is 6.42 Å². The van der Waals surface area contributed by atoms with Crippen LogP contribution in [0, 0.1) is 0 Å². The molecular formula is C6H11BrN2OS. The van der Waals surface area contributed by atoms with Crippen molar-refractivity contribution in [2.24, 2.45) is 4.99 Å². The van der Waals surface area contributed by atoms with Gasteiger partial charge in [-0.15, -0.1) is 17.0 Å². The van der Waals surface area contributed by atoms with E-state index in [-0.39, 0.29) is 22.9 Å². The fraction of sp³-hybridized carbons (Fsp3) is 0.667. The Balaban J connectivity index is 0.000001000. The quantitative estimate of drug-likeness (QED) is 0.690. The average molecular weight is 239 g/mol. The molecule has 1 heterocycles. The lowest BCUT2D eigenvalue weighted by Crippen LogP contribution is -2.27. The Morgan fingerprint density at radius 2 is 2.45 bits per heavy atom. The Morgan fingerprint density at radius 1 is 1.73 bits per heavy atom. The van der Waals surface area contributed by atoms with Crippen molar-refractivity contribution in [3.63, 3.8) is 0 Å². The lowest BCUT2D eigenvalue weighted by atomic mass is 10.5. The van der Waals surface area contributed by atoms with Gasteiger partial charge in [0.25, 0.3) is 0 Å². The van der Waals surface area contributed by atoms with Gasteiger partial charge in [0.15, 0.2) is 5.17 Å². The molecule has 11 heavy (non-hydrogen) atoms. The van der Waals surface area contributed by atoms with E-state index in [0.717, 1.165) is 23.9 Å². The molecule has 0 aromatic rings. The summed E-state index contributed by atoms with van der Waals surface area (Å²) in [5.74, 6) is 1.03. The highest BCUT2D eigenvalue weighted by molar-refractivity contribution is 8.93. The zero-order valence-electron chi connectivity index (χ0n) is 6.29. The normalized spacial score (nSPS) is 16.3. The van der Waals surface area contributed by atoms with Gasteiger partial charge in [0, 0.05) is 19.2 Å². The van der Waals surface area contributed by atoms with Gasteiger partial charge in [0.05, 0.1) is 0 Å². The lowest BCUT2D eigenvalue weighted by Gasteiger charge is -2.09. The van der Waals surface area contributed by atoms with Crippen LogP contribution in [0.5, 0.6) is 0 Å². The number of carbonyl (C=O) groups excluding carboxylic acids is 1. The second kappa shape index (κ2) is 5.60. The van der Waals surface area contributed by atoms with E-state index < -0.39 is 0 Å². The van der Waals surface area contributed by atoms with Crippen LogP contribution in [0.15, 0.2) is 4.99 Å². The van der Waals surface area contributed by atoms with Crippen molar-refractivity contribution in [2.75, 3.05) is 12.3 Å². The standard InChI is InChI=1S/C6H10N2OS.BrH/c1-5(9)8-6-7-3-2-4-10-6;/h2-4H2,1H3,(H,7,8,9);1H. The van der Waals surface area contributed by atoms with E-state index in [0.29, 0.717) is 0 Å². The van der Waals surface area contributed by atoms with E-state index in [1.54, 1.807) is 11.8 Å². The van der Waals surface area contributed by atoms with Gasteiger partial charge in [-0.1, -0.05) is 11.8 Å². The summed E-state index contributed by atoms with van der Waals surface area (Å²) >= 11 is 1.61. The van der Waals surface area contributed by atoms with Crippen LogP contribution in [0.2, 0.25) is 0 Å². The molecule has 0 aliphatic carbocycles. The van der Waals surface area contributed by atoms with E-state index in [1.807, 2.05) is 0 Å².